The summed E-state index contributed by atoms with van der Waals surface area (Å²) in [5.74, 6) is 1.08. The standard InChI is InChI=1S/C12H21NO2S/c1-8(5-7-16)4-6-13-11(14)9(2)10(3)12(13)15/h8-10,16H,4-7H2,1-3H3. The maximum Gasteiger partial charge on any atom is 0.232 e. The Balaban J connectivity index is 2.49. The molecule has 0 radical (unpaired) electrons. The summed E-state index contributed by atoms with van der Waals surface area (Å²) in [4.78, 5) is 25.0. The van der Waals surface area contributed by atoms with Gasteiger partial charge in [-0.15, -0.1) is 0 Å². The monoisotopic (exact) mass is 243 g/mol. The molecule has 1 aliphatic rings. The lowest BCUT2D eigenvalue weighted by Crippen LogP contribution is -2.32. The summed E-state index contributed by atoms with van der Waals surface area (Å²) in [5, 5.41) is 0. The zero-order chi connectivity index (χ0) is 12.3. The Labute approximate surface area is 103 Å². The molecule has 0 saturated carbocycles. The molecular weight excluding hydrogens is 222 g/mol. The number of likely N-dealkylation sites (tertiary alicyclic amines) is 1. The largest absolute Gasteiger partial charge is 0.282 e. The van der Waals surface area contributed by atoms with Crippen LogP contribution in [0, 0.1) is 17.8 Å². The number of imide groups is 1. The fourth-order valence-electron chi connectivity index (χ4n) is 1.96. The molecule has 0 bridgehead atoms. The number of carbonyl (C=O) groups is 2. The van der Waals surface area contributed by atoms with E-state index in [2.05, 4.69) is 19.6 Å². The van der Waals surface area contributed by atoms with Crippen LogP contribution in [-0.4, -0.2) is 29.0 Å². The second kappa shape index (κ2) is 5.71. The van der Waals surface area contributed by atoms with Crippen molar-refractivity contribution in [2.75, 3.05) is 12.3 Å². The normalized spacial score (nSPS) is 27.6. The number of nitrogens with zero attached hydrogens (tertiary/aromatic N) is 1. The van der Waals surface area contributed by atoms with Crippen molar-refractivity contribution in [2.24, 2.45) is 17.8 Å². The Morgan fingerprint density at radius 1 is 1.19 bits per heavy atom. The van der Waals surface area contributed by atoms with E-state index in [9.17, 15) is 9.59 Å². The predicted molar refractivity (Wildman–Crippen MR) is 67.3 cm³/mol. The van der Waals surface area contributed by atoms with Crippen molar-refractivity contribution in [3.05, 3.63) is 0 Å². The van der Waals surface area contributed by atoms with E-state index in [-0.39, 0.29) is 23.7 Å². The van der Waals surface area contributed by atoms with Crippen LogP contribution in [-0.2, 0) is 9.59 Å². The fourth-order valence-corrected chi connectivity index (χ4v) is 2.40. The number of hydrogen-bond acceptors (Lipinski definition) is 3. The van der Waals surface area contributed by atoms with Gasteiger partial charge in [0.1, 0.15) is 0 Å². The van der Waals surface area contributed by atoms with Crippen molar-refractivity contribution >= 4 is 24.4 Å². The maximum absolute atomic E-state index is 11.8. The van der Waals surface area contributed by atoms with E-state index in [4.69, 9.17) is 0 Å². The van der Waals surface area contributed by atoms with Gasteiger partial charge in [0.05, 0.1) is 0 Å². The van der Waals surface area contributed by atoms with E-state index in [1.165, 1.54) is 4.90 Å². The number of amides is 2. The summed E-state index contributed by atoms with van der Waals surface area (Å²) in [5.41, 5.74) is 0. The van der Waals surface area contributed by atoms with Crippen LogP contribution in [0.1, 0.15) is 33.6 Å². The van der Waals surface area contributed by atoms with Crippen molar-refractivity contribution < 1.29 is 9.59 Å². The molecule has 1 aliphatic heterocycles. The van der Waals surface area contributed by atoms with E-state index < -0.39 is 0 Å². The highest BCUT2D eigenvalue weighted by molar-refractivity contribution is 7.80. The minimum Gasteiger partial charge on any atom is -0.282 e. The van der Waals surface area contributed by atoms with Crippen LogP contribution in [0.15, 0.2) is 0 Å². The lowest BCUT2D eigenvalue weighted by atomic mass is 10.00. The fraction of sp³-hybridized carbons (Fsp3) is 0.833. The molecule has 0 N–H and O–H groups in total. The topological polar surface area (TPSA) is 37.4 Å². The van der Waals surface area contributed by atoms with E-state index >= 15 is 0 Å². The third kappa shape index (κ3) is 2.78. The molecule has 0 aromatic carbocycles. The van der Waals surface area contributed by atoms with E-state index in [1.54, 1.807) is 0 Å². The van der Waals surface area contributed by atoms with Crippen LogP contribution in [0.4, 0.5) is 0 Å². The van der Waals surface area contributed by atoms with Gasteiger partial charge in [0.15, 0.2) is 0 Å². The number of rotatable bonds is 5. The first-order chi connectivity index (χ1) is 7.49. The summed E-state index contributed by atoms with van der Waals surface area (Å²) in [6.07, 6.45) is 1.92. The zero-order valence-corrected chi connectivity index (χ0v) is 11.2. The summed E-state index contributed by atoms with van der Waals surface area (Å²) < 4.78 is 0. The summed E-state index contributed by atoms with van der Waals surface area (Å²) >= 11 is 4.18. The molecule has 3 atom stereocenters. The molecule has 4 heteroatoms. The first kappa shape index (κ1) is 13.6. The smallest absolute Gasteiger partial charge is 0.232 e. The Kier molecular flexibility index (Phi) is 4.84. The predicted octanol–water partition coefficient (Wildman–Crippen LogP) is 1.97. The van der Waals surface area contributed by atoms with Gasteiger partial charge in [0.25, 0.3) is 0 Å². The number of hydrogen-bond donors (Lipinski definition) is 1. The van der Waals surface area contributed by atoms with Crippen LogP contribution >= 0.6 is 12.6 Å². The molecule has 92 valence electrons. The van der Waals surface area contributed by atoms with Gasteiger partial charge in [-0.1, -0.05) is 20.8 Å². The molecule has 16 heavy (non-hydrogen) atoms. The molecule has 1 fully saturated rings. The second-order valence-corrected chi connectivity index (χ2v) is 5.26. The molecule has 1 rings (SSSR count). The molecule has 3 nitrogen and oxygen atoms in total. The second-order valence-electron chi connectivity index (χ2n) is 4.81. The third-order valence-corrected chi connectivity index (χ3v) is 3.79. The third-order valence-electron chi connectivity index (χ3n) is 3.53. The maximum atomic E-state index is 11.8. The highest BCUT2D eigenvalue weighted by atomic mass is 32.1. The summed E-state index contributed by atoms with van der Waals surface area (Å²) in [7, 11) is 0. The molecule has 0 aromatic heterocycles. The van der Waals surface area contributed by atoms with Crippen molar-refractivity contribution in [3.8, 4) is 0 Å². The Morgan fingerprint density at radius 2 is 1.69 bits per heavy atom. The van der Waals surface area contributed by atoms with E-state index in [1.807, 2.05) is 13.8 Å². The quantitative estimate of drug-likeness (QED) is 0.592. The van der Waals surface area contributed by atoms with Gasteiger partial charge in [0, 0.05) is 18.4 Å². The highest BCUT2D eigenvalue weighted by Crippen LogP contribution is 2.26. The van der Waals surface area contributed by atoms with Gasteiger partial charge >= 0.3 is 0 Å². The molecule has 3 unspecified atom stereocenters. The molecule has 1 heterocycles. The molecule has 0 spiro atoms. The average molecular weight is 243 g/mol. The number of thiol groups is 1. The molecule has 0 aromatic rings. The average Bonchev–Trinajstić information content (AvgIpc) is 2.42. The Hall–Kier alpha value is -0.510. The molecule has 2 amide bonds. The van der Waals surface area contributed by atoms with Crippen LogP contribution in [0.25, 0.3) is 0 Å². The molecular formula is C12H21NO2S. The lowest BCUT2D eigenvalue weighted by Gasteiger charge is -2.17. The van der Waals surface area contributed by atoms with Gasteiger partial charge in [-0.05, 0) is 24.5 Å². The van der Waals surface area contributed by atoms with Gasteiger partial charge in [-0.2, -0.15) is 12.6 Å². The Bertz CT molecular complexity index is 260. The first-order valence-corrected chi connectivity index (χ1v) is 6.58. The number of carbonyl (C=O) groups excluding carboxylic acids is 2. The molecule has 0 aliphatic carbocycles. The first-order valence-electron chi connectivity index (χ1n) is 5.95. The van der Waals surface area contributed by atoms with Crippen LogP contribution in [0.3, 0.4) is 0 Å². The van der Waals surface area contributed by atoms with Gasteiger partial charge in [-0.3, -0.25) is 14.5 Å². The van der Waals surface area contributed by atoms with Gasteiger partial charge in [0.2, 0.25) is 11.8 Å². The summed E-state index contributed by atoms with van der Waals surface area (Å²) in [6, 6.07) is 0. The van der Waals surface area contributed by atoms with E-state index in [0.29, 0.717) is 12.5 Å². The zero-order valence-electron chi connectivity index (χ0n) is 10.3. The van der Waals surface area contributed by atoms with Crippen LogP contribution < -0.4 is 0 Å². The van der Waals surface area contributed by atoms with Crippen molar-refractivity contribution in [1.82, 2.24) is 4.90 Å². The summed E-state index contributed by atoms with van der Waals surface area (Å²) in [6.45, 7) is 6.37. The minimum atomic E-state index is -0.146. The van der Waals surface area contributed by atoms with Crippen LogP contribution in [0.2, 0.25) is 0 Å². The Morgan fingerprint density at radius 3 is 2.12 bits per heavy atom. The minimum absolute atomic E-state index is 0.00410. The van der Waals surface area contributed by atoms with Crippen molar-refractivity contribution in [3.63, 3.8) is 0 Å². The van der Waals surface area contributed by atoms with Crippen LogP contribution in [0.5, 0.6) is 0 Å². The van der Waals surface area contributed by atoms with Gasteiger partial charge < -0.3 is 0 Å². The van der Waals surface area contributed by atoms with Crippen molar-refractivity contribution in [2.45, 2.75) is 33.6 Å². The van der Waals surface area contributed by atoms with Gasteiger partial charge in [-0.25, -0.2) is 0 Å². The SMILES string of the molecule is CC(CCS)CCN1C(=O)C(C)C(C)C1=O. The van der Waals surface area contributed by atoms with E-state index in [0.717, 1.165) is 18.6 Å². The lowest BCUT2D eigenvalue weighted by molar-refractivity contribution is -0.139. The highest BCUT2D eigenvalue weighted by Gasteiger charge is 2.41. The molecule has 1 saturated heterocycles. The van der Waals surface area contributed by atoms with Crippen molar-refractivity contribution in [1.29, 1.82) is 0 Å².